The lowest BCUT2D eigenvalue weighted by Gasteiger charge is -1.95. The third-order valence-electron chi connectivity index (χ3n) is 1.13. The average Bonchev–Trinajstić information content (AvgIpc) is 2.06. The van der Waals surface area contributed by atoms with E-state index in [0.29, 0.717) is 0 Å². The minimum Gasteiger partial charge on any atom is -0.507 e. The Bertz CT molecular complexity index is 332. The summed E-state index contributed by atoms with van der Waals surface area (Å²) in [6.07, 6.45) is 0. The monoisotopic (exact) mass is 181 g/mol. The first-order chi connectivity index (χ1) is 6.13. The highest BCUT2D eigenvalue weighted by Gasteiger charge is 2.05. The molecule has 68 valence electrons. The van der Waals surface area contributed by atoms with Crippen molar-refractivity contribution in [1.82, 2.24) is 0 Å². The summed E-state index contributed by atoms with van der Waals surface area (Å²) in [5, 5.41) is 17.3. The maximum absolute atomic E-state index is 10.3. The molecule has 13 heavy (non-hydrogen) atoms. The second-order valence-corrected chi connectivity index (χ2v) is 1.92. The molecule has 3 N–H and O–H groups in total. The van der Waals surface area contributed by atoms with Gasteiger partial charge in [-0.05, 0) is 22.6 Å². The highest BCUT2D eigenvalue weighted by Crippen LogP contribution is 2.14. The van der Waals surface area contributed by atoms with Gasteiger partial charge in [-0.2, -0.15) is 0 Å². The molecule has 0 saturated carbocycles. The zero-order valence-corrected chi connectivity index (χ0v) is 6.51. The molecule has 0 atom stereocenters. The first kappa shape index (κ1) is 10.8. The van der Waals surface area contributed by atoms with Crippen molar-refractivity contribution < 1.29 is 15.0 Å². The molecule has 0 aliphatic heterocycles. The van der Waals surface area contributed by atoms with E-state index in [4.69, 9.17) is 21.3 Å². The number of nitrogens with one attached hydrogen (secondary N) is 1. The summed E-state index contributed by atoms with van der Waals surface area (Å²) in [7, 11) is 0. The van der Waals surface area contributed by atoms with Crippen LogP contribution < -0.4 is 0 Å². The normalized spacial score (nSPS) is 7.69. The van der Waals surface area contributed by atoms with Crippen LogP contribution in [0, 0.1) is 5.53 Å². The number of para-hydroxylation sites is 1. The Morgan fingerprint density at radius 2 is 1.92 bits per heavy atom. The van der Waals surface area contributed by atoms with Crippen molar-refractivity contribution in [3.05, 3.63) is 40.3 Å². The minimum atomic E-state index is -1.11. The van der Waals surface area contributed by atoms with E-state index in [1.165, 1.54) is 12.1 Å². The Kier molecular flexibility index (Phi) is 4.53. The van der Waals surface area contributed by atoms with Crippen molar-refractivity contribution >= 4 is 5.97 Å². The fourth-order valence-corrected chi connectivity index (χ4v) is 0.654. The number of benzene rings is 1. The fraction of sp³-hybridized carbons (Fsp3) is 0. The van der Waals surface area contributed by atoms with Crippen LogP contribution in [0.15, 0.2) is 24.3 Å². The molecule has 0 radical (unpaired) electrons. The highest BCUT2D eigenvalue weighted by molar-refractivity contribution is 5.90. The van der Waals surface area contributed by atoms with E-state index in [1.807, 2.05) is 0 Å². The van der Waals surface area contributed by atoms with Crippen molar-refractivity contribution in [3.8, 4) is 5.75 Å². The first-order valence-corrected chi connectivity index (χ1v) is 3.15. The van der Waals surface area contributed by atoms with E-state index < -0.39 is 5.97 Å². The van der Waals surface area contributed by atoms with Crippen molar-refractivity contribution in [1.29, 1.82) is 5.53 Å². The predicted octanol–water partition coefficient (Wildman–Crippen LogP) is 1.97. The molecule has 1 rings (SSSR count). The van der Waals surface area contributed by atoms with E-state index in [-0.39, 0.29) is 11.3 Å². The number of aromatic carboxylic acids is 1. The van der Waals surface area contributed by atoms with Crippen LogP contribution in [0.4, 0.5) is 0 Å². The van der Waals surface area contributed by atoms with Gasteiger partial charge in [0.15, 0.2) is 0 Å². The molecule has 0 aliphatic carbocycles. The van der Waals surface area contributed by atoms with Crippen molar-refractivity contribution in [2.45, 2.75) is 0 Å². The van der Waals surface area contributed by atoms with Gasteiger partial charge in [-0.3, -0.25) is 0 Å². The molecule has 0 heterocycles. The Balaban J connectivity index is 0.000000424. The smallest absolute Gasteiger partial charge is 0.339 e. The van der Waals surface area contributed by atoms with Crippen molar-refractivity contribution in [2.24, 2.45) is 0 Å². The Labute approximate surface area is 73.5 Å². The van der Waals surface area contributed by atoms with Crippen LogP contribution in [0.2, 0.25) is 0 Å². The molecule has 0 spiro atoms. The Hall–Kier alpha value is -2.20. The molecule has 6 heteroatoms. The summed E-state index contributed by atoms with van der Waals surface area (Å²) in [5.41, 5.74) is 12.2. The number of phenols is 1. The van der Waals surface area contributed by atoms with Gasteiger partial charge in [0.05, 0.1) is 0 Å². The van der Waals surface area contributed by atoms with E-state index in [1.54, 1.807) is 17.0 Å². The van der Waals surface area contributed by atoms with Crippen LogP contribution in [0.25, 0.3) is 10.4 Å². The summed E-state index contributed by atoms with van der Waals surface area (Å²) in [6, 6.07) is 5.81. The minimum absolute atomic E-state index is 0.0671. The lowest BCUT2D eigenvalue weighted by atomic mass is 10.2. The maximum Gasteiger partial charge on any atom is 0.339 e. The predicted molar refractivity (Wildman–Crippen MR) is 44.5 cm³/mol. The Morgan fingerprint density at radius 1 is 1.46 bits per heavy atom. The molecule has 0 fully saturated rings. The van der Waals surface area contributed by atoms with Gasteiger partial charge in [0, 0.05) is 0 Å². The lowest BCUT2D eigenvalue weighted by Crippen LogP contribution is -1.95. The fourth-order valence-electron chi connectivity index (χ4n) is 0.654. The quantitative estimate of drug-likeness (QED) is 0.349. The van der Waals surface area contributed by atoms with E-state index in [2.05, 4.69) is 0 Å². The van der Waals surface area contributed by atoms with Crippen LogP contribution in [0.1, 0.15) is 10.4 Å². The molecular formula is C7H7N3O3. The number of hydrogen-bond acceptors (Lipinski definition) is 3. The van der Waals surface area contributed by atoms with Gasteiger partial charge in [0.25, 0.3) is 0 Å². The van der Waals surface area contributed by atoms with Crippen molar-refractivity contribution in [2.75, 3.05) is 0 Å². The maximum atomic E-state index is 10.3. The molecule has 0 bridgehead atoms. The average molecular weight is 181 g/mol. The zero-order chi connectivity index (χ0) is 10.3. The van der Waals surface area contributed by atoms with Gasteiger partial charge in [-0.15, -0.1) is 5.53 Å². The number of carbonyl (C=O) groups is 1. The summed E-state index contributed by atoms with van der Waals surface area (Å²) >= 11 is 0. The van der Waals surface area contributed by atoms with Gasteiger partial charge < -0.3 is 10.2 Å². The van der Waals surface area contributed by atoms with Gasteiger partial charge in [0.1, 0.15) is 11.3 Å². The second-order valence-electron chi connectivity index (χ2n) is 1.92. The lowest BCUT2D eigenvalue weighted by molar-refractivity contribution is 0.0694. The van der Waals surface area contributed by atoms with Gasteiger partial charge in [-0.1, -0.05) is 12.1 Å². The standard InChI is InChI=1S/C7H6O3.HN3/c8-6-4-2-1-3-5(6)7(9)10;1-3-2/h1-4,8H,(H,9,10);1H. The molecule has 0 aromatic heterocycles. The number of carboxylic acid groups (broad SMARTS) is 1. The molecule has 0 aliphatic rings. The van der Waals surface area contributed by atoms with Crippen LogP contribution in [-0.2, 0) is 0 Å². The number of hydrogen-bond donors (Lipinski definition) is 3. The molecule has 0 saturated heterocycles. The second kappa shape index (κ2) is 5.45. The molecule has 0 amide bonds. The van der Waals surface area contributed by atoms with Gasteiger partial charge in [-0.25, -0.2) is 4.79 Å². The largest absolute Gasteiger partial charge is 0.507 e. The molecule has 6 nitrogen and oxygen atoms in total. The summed E-state index contributed by atoms with van der Waals surface area (Å²) in [5.74, 6) is -1.31. The van der Waals surface area contributed by atoms with Gasteiger partial charge >= 0.3 is 5.97 Å². The first-order valence-electron chi connectivity index (χ1n) is 3.15. The molecule has 0 unspecified atom stereocenters. The summed E-state index contributed by atoms with van der Waals surface area (Å²) < 4.78 is 0. The van der Waals surface area contributed by atoms with Crippen molar-refractivity contribution in [3.63, 3.8) is 0 Å². The molecule has 1 aromatic carbocycles. The zero-order valence-electron chi connectivity index (χ0n) is 6.51. The number of aromatic hydroxyl groups is 1. The van der Waals surface area contributed by atoms with E-state index in [0.717, 1.165) is 0 Å². The van der Waals surface area contributed by atoms with E-state index in [9.17, 15) is 4.79 Å². The summed E-state index contributed by atoms with van der Waals surface area (Å²) in [6.45, 7) is 0. The Morgan fingerprint density at radius 3 is 2.23 bits per heavy atom. The van der Waals surface area contributed by atoms with Crippen LogP contribution >= 0.6 is 0 Å². The SMILES string of the molecule is O=C(O)c1ccccc1O.[N-]=[N+]=N. The van der Waals surface area contributed by atoms with Crippen LogP contribution in [0.3, 0.4) is 0 Å². The number of rotatable bonds is 1. The molecular weight excluding hydrogens is 174 g/mol. The number of carboxylic acids is 1. The van der Waals surface area contributed by atoms with Gasteiger partial charge in [0.2, 0.25) is 0 Å². The van der Waals surface area contributed by atoms with Crippen LogP contribution in [-0.4, -0.2) is 16.2 Å². The molecule has 1 aromatic rings. The highest BCUT2D eigenvalue weighted by atomic mass is 16.4. The number of nitrogens with zero attached hydrogens (tertiary/aromatic N) is 2. The third-order valence-corrected chi connectivity index (χ3v) is 1.13. The summed E-state index contributed by atoms with van der Waals surface area (Å²) in [4.78, 5) is 12.0. The van der Waals surface area contributed by atoms with E-state index >= 15 is 0 Å². The third kappa shape index (κ3) is 3.64. The topological polar surface area (TPSA) is 118 Å². The van der Waals surface area contributed by atoms with Crippen LogP contribution in [0.5, 0.6) is 5.75 Å².